The van der Waals surface area contributed by atoms with Gasteiger partial charge in [0.25, 0.3) is 0 Å². The van der Waals surface area contributed by atoms with E-state index in [1.54, 1.807) is 60.7 Å². The molecule has 0 unspecified atom stereocenters. The van der Waals surface area contributed by atoms with Crippen molar-refractivity contribution in [3.05, 3.63) is 108 Å². The quantitative estimate of drug-likeness (QED) is 0.575. The van der Waals surface area contributed by atoms with Gasteiger partial charge in [0.2, 0.25) is 0 Å². The minimum Gasteiger partial charge on any atom is -0.392 e. The Kier molecular flexibility index (Phi) is 7.58. The monoisotopic (exact) mass is 350 g/mol. The standard InChI is InChI=1S/C14H10O4.C7H8O/c15-13(11-7-3-1-4-8-11)17-18-14(16)12-9-5-2-6-10-12;8-6-7-4-2-1-3-5-7/h1-10H;1-5,8H,6H2. The lowest BCUT2D eigenvalue weighted by Crippen LogP contribution is -2.11. The van der Waals surface area contributed by atoms with E-state index in [-0.39, 0.29) is 6.61 Å². The number of hydrogen-bond acceptors (Lipinski definition) is 5. The van der Waals surface area contributed by atoms with Crippen molar-refractivity contribution in [2.75, 3.05) is 0 Å². The molecule has 1 N–H and O–H groups in total. The maximum absolute atomic E-state index is 11.5. The van der Waals surface area contributed by atoms with Gasteiger partial charge in [-0.2, -0.15) is 0 Å². The van der Waals surface area contributed by atoms with Gasteiger partial charge in [0.15, 0.2) is 0 Å². The molecule has 0 atom stereocenters. The number of aliphatic hydroxyl groups excluding tert-OH is 1. The summed E-state index contributed by atoms with van der Waals surface area (Å²) in [6.45, 7) is 0.140. The van der Waals surface area contributed by atoms with Crippen molar-refractivity contribution in [3.63, 3.8) is 0 Å². The molecule has 0 heterocycles. The second-order valence-corrected chi connectivity index (χ2v) is 5.12. The van der Waals surface area contributed by atoms with Crippen LogP contribution in [-0.2, 0) is 16.4 Å². The highest BCUT2D eigenvalue weighted by Gasteiger charge is 2.12. The molecule has 0 aliphatic heterocycles. The zero-order chi connectivity index (χ0) is 18.6. The second-order valence-electron chi connectivity index (χ2n) is 5.12. The predicted molar refractivity (Wildman–Crippen MR) is 96.1 cm³/mol. The smallest absolute Gasteiger partial charge is 0.386 e. The van der Waals surface area contributed by atoms with Gasteiger partial charge in [-0.05, 0) is 29.8 Å². The van der Waals surface area contributed by atoms with Crippen LogP contribution in [0.1, 0.15) is 26.3 Å². The molecule has 0 aliphatic rings. The third kappa shape index (κ3) is 6.22. The maximum Gasteiger partial charge on any atom is 0.386 e. The lowest BCUT2D eigenvalue weighted by atomic mass is 10.2. The van der Waals surface area contributed by atoms with Crippen LogP contribution in [-0.4, -0.2) is 17.0 Å². The summed E-state index contributed by atoms with van der Waals surface area (Å²) in [7, 11) is 0. The van der Waals surface area contributed by atoms with E-state index in [0.29, 0.717) is 11.1 Å². The zero-order valence-electron chi connectivity index (χ0n) is 13.9. The Morgan fingerprint density at radius 3 is 1.27 bits per heavy atom. The number of hydrogen-bond donors (Lipinski definition) is 1. The molecule has 0 fully saturated rings. The van der Waals surface area contributed by atoms with E-state index in [0.717, 1.165) is 5.56 Å². The number of carbonyl (C=O) groups is 2. The highest BCUT2D eigenvalue weighted by molar-refractivity contribution is 5.92. The predicted octanol–water partition coefficient (Wildman–Crippen LogP) is 3.79. The first-order valence-electron chi connectivity index (χ1n) is 7.88. The van der Waals surface area contributed by atoms with Crippen molar-refractivity contribution in [2.24, 2.45) is 0 Å². The summed E-state index contributed by atoms with van der Waals surface area (Å²) in [6, 6.07) is 26.1. The normalized spacial score (nSPS) is 9.42. The first-order valence-corrected chi connectivity index (χ1v) is 7.88. The third-order valence-electron chi connectivity index (χ3n) is 3.24. The molecule has 3 aromatic carbocycles. The second kappa shape index (κ2) is 10.4. The van der Waals surface area contributed by atoms with Gasteiger partial charge in [-0.1, -0.05) is 66.7 Å². The van der Waals surface area contributed by atoms with Gasteiger partial charge in [0, 0.05) is 0 Å². The molecule has 0 bridgehead atoms. The van der Waals surface area contributed by atoms with Crippen molar-refractivity contribution in [1.82, 2.24) is 0 Å². The molecule has 0 saturated heterocycles. The Balaban J connectivity index is 0.000000254. The van der Waals surface area contributed by atoms with E-state index >= 15 is 0 Å². The van der Waals surface area contributed by atoms with Crippen molar-refractivity contribution in [1.29, 1.82) is 0 Å². The van der Waals surface area contributed by atoms with Crippen LogP contribution in [0, 0.1) is 0 Å². The van der Waals surface area contributed by atoms with Gasteiger partial charge < -0.3 is 5.11 Å². The molecule has 3 aromatic rings. The van der Waals surface area contributed by atoms with Gasteiger partial charge in [-0.25, -0.2) is 19.4 Å². The van der Waals surface area contributed by atoms with Crippen LogP contribution >= 0.6 is 0 Å². The fraction of sp³-hybridized carbons (Fsp3) is 0.0476. The largest absolute Gasteiger partial charge is 0.392 e. The highest BCUT2D eigenvalue weighted by Crippen LogP contribution is 2.05. The minimum absolute atomic E-state index is 0.140. The Morgan fingerprint density at radius 2 is 0.962 bits per heavy atom. The molecular weight excluding hydrogens is 332 g/mol. The average molecular weight is 350 g/mol. The van der Waals surface area contributed by atoms with Gasteiger partial charge in [-0.15, -0.1) is 0 Å². The van der Waals surface area contributed by atoms with Gasteiger partial charge in [0.05, 0.1) is 17.7 Å². The topological polar surface area (TPSA) is 72.8 Å². The van der Waals surface area contributed by atoms with Crippen LogP contribution in [0.5, 0.6) is 0 Å². The molecule has 0 radical (unpaired) electrons. The molecule has 5 heteroatoms. The van der Waals surface area contributed by atoms with Gasteiger partial charge in [-0.3, -0.25) is 0 Å². The highest BCUT2D eigenvalue weighted by atomic mass is 17.2. The number of benzene rings is 3. The Bertz CT molecular complexity index is 750. The van der Waals surface area contributed by atoms with E-state index in [9.17, 15) is 9.59 Å². The first kappa shape index (κ1) is 18.9. The Labute approximate surface area is 151 Å². The van der Waals surface area contributed by atoms with Crippen LogP contribution in [0.4, 0.5) is 0 Å². The minimum atomic E-state index is -0.708. The van der Waals surface area contributed by atoms with E-state index in [1.165, 1.54) is 0 Å². The molecule has 5 nitrogen and oxygen atoms in total. The average Bonchev–Trinajstić information content (AvgIpc) is 2.74. The summed E-state index contributed by atoms with van der Waals surface area (Å²) >= 11 is 0. The summed E-state index contributed by atoms with van der Waals surface area (Å²) < 4.78 is 0. The fourth-order valence-corrected chi connectivity index (χ4v) is 1.90. The summed E-state index contributed by atoms with van der Waals surface area (Å²) in [5.41, 5.74) is 1.60. The fourth-order valence-electron chi connectivity index (χ4n) is 1.90. The summed E-state index contributed by atoms with van der Waals surface area (Å²) in [5.74, 6) is -1.42. The van der Waals surface area contributed by atoms with Crippen LogP contribution in [0.25, 0.3) is 0 Å². The summed E-state index contributed by atoms with van der Waals surface area (Å²) in [5, 5.41) is 8.54. The van der Waals surface area contributed by atoms with Crippen molar-refractivity contribution in [2.45, 2.75) is 6.61 Å². The molecule has 0 amide bonds. The van der Waals surface area contributed by atoms with E-state index < -0.39 is 11.9 Å². The van der Waals surface area contributed by atoms with Crippen LogP contribution in [0.2, 0.25) is 0 Å². The molecule has 3 rings (SSSR count). The summed E-state index contributed by atoms with van der Waals surface area (Å²) in [4.78, 5) is 31.9. The maximum atomic E-state index is 11.5. The lowest BCUT2D eigenvalue weighted by molar-refractivity contribution is -0.187. The Hall–Kier alpha value is -3.44. The zero-order valence-corrected chi connectivity index (χ0v) is 13.9. The third-order valence-corrected chi connectivity index (χ3v) is 3.24. The summed E-state index contributed by atoms with van der Waals surface area (Å²) in [6.07, 6.45) is 0. The van der Waals surface area contributed by atoms with Crippen molar-refractivity contribution >= 4 is 11.9 Å². The van der Waals surface area contributed by atoms with Crippen LogP contribution < -0.4 is 0 Å². The lowest BCUT2D eigenvalue weighted by Gasteiger charge is -2.02. The molecule has 0 aliphatic carbocycles. The molecule has 26 heavy (non-hydrogen) atoms. The van der Waals surface area contributed by atoms with Crippen LogP contribution in [0.3, 0.4) is 0 Å². The van der Waals surface area contributed by atoms with E-state index in [2.05, 4.69) is 9.78 Å². The van der Waals surface area contributed by atoms with Crippen molar-refractivity contribution in [3.8, 4) is 0 Å². The Morgan fingerprint density at radius 1 is 0.615 bits per heavy atom. The number of aliphatic hydroxyl groups is 1. The molecule has 0 saturated carbocycles. The number of rotatable bonds is 3. The molecule has 0 aromatic heterocycles. The van der Waals surface area contributed by atoms with Gasteiger partial charge in [0.1, 0.15) is 0 Å². The van der Waals surface area contributed by atoms with E-state index in [4.69, 9.17) is 5.11 Å². The SMILES string of the molecule is O=C(OOC(=O)c1ccccc1)c1ccccc1.OCc1ccccc1. The first-order chi connectivity index (χ1) is 12.7. The molecule has 0 spiro atoms. The van der Waals surface area contributed by atoms with Crippen molar-refractivity contribution < 1.29 is 24.5 Å². The van der Waals surface area contributed by atoms with Crippen LogP contribution in [0.15, 0.2) is 91.0 Å². The van der Waals surface area contributed by atoms with Gasteiger partial charge >= 0.3 is 11.9 Å². The van der Waals surface area contributed by atoms with E-state index in [1.807, 2.05) is 30.3 Å². The molecular formula is C21H18O5. The molecule has 132 valence electrons. The number of carbonyl (C=O) groups excluding carboxylic acids is 2.